The van der Waals surface area contributed by atoms with Gasteiger partial charge in [-0.15, -0.1) is 0 Å². The van der Waals surface area contributed by atoms with Crippen LogP contribution in [0.2, 0.25) is 5.02 Å². The van der Waals surface area contributed by atoms with Crippen molar-refractivity contribution in [1.82, 2.24) is 10.2 Å². The fourth-order valence-electron chi connectivity index (χ4n) is 1.24. The van der Waals surface area contributed by atoms with Crippen molar-refractivity contribution in [3.63, 3.8) is 0 Å². The molecule has 2 aromatic rings. The lowest BCUT2D eigenvalue weighted by molar-refractivity contribution is 0.472. The van der Waals surface area contributed by atoms with Crippen molar-refractivity contribution in [3.05, 3.63) is 49.8 Å². The molecular formula is C11H8BrClN4O2. The Bertz CT molecular complexity index is 687. The van der Waals surface area contributed by atoms with Gasteiger partial charge >= 0.3 is 0 Å². The first kappa shape index (κ1) is 13.6. The molecule has 0 saturated heterocycles. The van der Waals surface area contributed by atoms with Gasteiger partial charge in [0.2, 0.25) is 0 Å². The van der Waals surface area contributed by atoms with Gasteiger partial charge < -0.3 is 5.11 Å². The van der Waals surface area contributed by atoms with Gasteiger partial charge in [-0.25, -0.2) is 5.10 Å². The van der Waals surface area contributed by atoms with E-state index < -0.39 is 5.56 Å². The molecule has 8 heteroatoms. The third-order valence-electron chi connectivity index (χ3n) is 2.17. The predicted octanol–water partition coefficient (Wildman–Crippen LogP) is 2.34. The zero-order valence-corrected chi connectivity index (χ0v) is 11.7. The summed E-state index contributed by atoms with van der Waals surface area (Å²) in [6.45, 7) is 0. The third kappa shape index (κ3) is 3.33. The summed E-state index contributed by atoms with van der Waals surface area (Å²) in [5.41, 5.74) is 3.18. The van der Waals surface area contributed by atoms with E-state index in [1.165, 1.54) is 18.5 Å². The van der Waals surface area contributed by atoms with E-state index in [0.29, 0.717) is 10.2 Å². The lowest BCUT2D eigenvalue weighted by atomic mass is 10.2. The summed E-state index contributed by atoms with van der Waals surface area (Å²) in [5, 5.41) is 19.1. The van der Waals surface area contributed by atoms with Gasteiger partial charge in [0.1, 0.15) is 16.5 Å². The molecule has 0 aliphatic carbocycles. The second kappa shape index (κ2) is 5.85. The molecule has 0 radical (unpaired) electrons. The number of hydrazone groups is 1. The highest BCUT2D eigenvalue weighted by molar-refractivity contribution is 9.10. The number of halogens is 2. The Hall–Kier alpha value is -1.86. The van der Waals surface area contributed by atoms with Crippen molar-refractivity contribution in [1.29, 1.82) is 0 Å². The number of anilines is 1. The maximum atomic E-state index is 11.2. The third-order valence-corrected chi connectivity index (χ3v) is 3.18. The van der Waals surface area contributed by atoms with Gasteiger partial charge in [0.05, 0.1) is 16.9 Å². The number of nitrogens with zero attached hydrogens (tertiary/aromatic N) is 2. The Morgan fingerprint density at radius 2 is 2.32 bits per heavy atom. The molecule has 0 atom stereocenters. The van der Waals surface area contributed by atoms with E-state index in [0.717, 1.165) is 5.56 Å². The van der Waals surface area contributed by atoms with Crippen LogP contribution in [0.5, 0.6) is 5.75 Å². The minimum Gasteiger partial charge on any atom is -0.507 e. The molecule has 0 bridgehead atoms. The van der Waals surface area contributed by atoms with Gasteiger partial charge in [-0.1, -0.05) is 11.6 Å². The zero-order chi connectivity index (χ0) is 13.8. The Balaban J connectivity index is 2.13. The SMILES string of the molecule is O=c1[nH]ncc(N/N=C\c2ccc(O)c(Br)c2)c1Cl. The van der Waals surface area contributed by atoms with Crippen molar-refractivity contribution >= 4 is 39.4 Å². The second-order valence-electron chi connectivity index (χ2n) is 3.51. The van der Waals surface area contributed by atoms with E-state index in [9.17, 15) is 9.90 Å². The van der Waals surface area contributed by atoms with E-state index in [2.05, 4.69) is 36.7 Å². The van der Waals surface area contributed by atoms with E-state index in [1.807, 2.05) is 0 Å². The second-order valence-corrected chi connectivity index (χ2v) is 4.74. The monoisotopic (exact) mass is 342 g/mol. The molecule has 0 fully saturated rings. The predicted molar refractivity (Wildman–Crippen MR) is 76.9 cm³/mol. The first-order valence-corrected chi connectivity index (χ1v) is 6.26. The average Bonchev–Trinajstić information content (AvgIpc) is 2.39. The molecule has 0 aliphatic rings. The molecule has 1 aromatic carbocycles. The van der Waals surface area contributed by atoms with Crippen molar-refractivity contribution < 1.29 is 5.11 Å². The quantitative estimate of drug-likeness (QED) is 0.589. The molecule has 2 rings (SSSR count). The number of benzene rings is 1. The van der Waals surface area contributed by atoms with Gasteiger partial charge in [0.25, 0.3) is 5.56 Å². The number of H-pyrrole nitrogens is 1. The molecule has 0 amide bonds. The summed E-state index contributed by atoms with van der Waals surface area (Å²) < 4.78 is 0.562. The largest absolute Gasteiger partial charge is 0.507 e. The van der Waals surface area contributed by atoms with Crippen LogP contribution >= 0.6 is 27.5 Å². The fourth-order valence-corrected chi connectivity index (χ4v) is 1.77. The van der Waals surface area contributed by atoms with E-state index in [1.54, 1.807) is 12.1 Å². The Labute approximate surface area is 121 Å². The summed E-state index contributed by atoms with van der Waals surface area (Å²) >= 11 is 8.96. The van der Waals surface area contributed by atoms with Crippen LogP contribution < -0.4 is 11.0 Å². The van der Waals surface area contributed by atoms with Crippen LogP contribution in [0.1, 0.15) is 5.56 Å². The molecule has 0 unspecified atom stereocenters. The first-order valence-electron chi connectivity index (χ1n) is 5.08. The van der Waals surface area contributed by atoms with Crippen LogP contribution in [-0.2, 0) is 0 Å². The molecule has 1 heterocycles. The molecular weight excluding hydrogens is 336 g/mol. The van der Waals surface area contributed by atoms with Crippen LogP contribution in [0, 0.1) is 0 Å². The Morgan fingerprint density at radius 3 is 3.05 bits per heavy atom. The number of hydrogen-bond donors (Lipinski definition) is 3. The average molecular weight is 344 g/mol. The van der Waals surface area contributed by atoms with Crippen molar-refractivity contribution in [2.24, 2.45) is 5.10 Å². The fraction of sp³-hybridized carbons (Fsp3) is 0. The highest BCUT2D eigenvalue weighted by Crippen LogP contribution is 2.23. The molecule has 0 aliphatic heterocycles. The lowest BCUT2D eigenvalue weighted by Gasteiger charge is -2.01. The standard InChI is InChI=1S/C11H8BrClN4O2/c12-7-3-6(1-2-9(7)18)4-14-16-8-5-15-17-11(19)10(8)13/h1-5,18H,(H2,16,17,19)/b14-4-. The van der Waals surface area contributed by atoms with Crippen molar-refractivity contribution in [2.45, 2.75) is 0 Å². The topological polar surface area (TPSA) is 90.4 Å². The van der Waals surface area contributed by atoms with Crippen LogP contribution in [0.4, 0.5) is 5.69 Å². The van der Waals surface area contributed by atoms with Gasteiger partial charge in [-0.2, -0.15) is 10.2 Å². The Kier molecular flexibility index (Phi) is 4.18. The summed E-state index contributed by atoms with van der Waals surface area (Å²) in [6, 6.07) is 4.91. The number of aromatic amines is 1. The highest BCUT2D eigenvalue weighted by Gasteiger charge is 2.03. The number of aromatic hydroxyl groups is 1. The molecule has 0 saturated carbocycles. The number of hydrogen-bond acceptors (Lipinski definition) is 5. The van der Waals surface area contributed by atoms with E-state index >= 15 is 0 Å². The number of phenols is 1. The molecule has 19 heavy (non-hydrogen) atoms. The maximum Gasteiger partial charge on any atom is 0.285 e. The van der Waals surface area contributed by atoms with Gasteiger partial charge in [0.15, 0.2) is 0 Å². The summed E-state index contributed by atoms with van der Waals surface area (Å²) in [4.78, 5) is 11.2. The highest BCUT2D eigenvalue weighted by atomic mass is 79.9. The minimum absolute atomic E-state index is 0.0148. The van der Waals surface area contributed by atoms with Crippen LogP contribution in [0.3, 0.4) is 0 Å². The summed E-state index contributed by atoms with van der Waals surface area (Å²) in [5.74, 6) is 0.145. The number of aromatic nitrogens is 2. The molecule has 0 spiro atoms. The smallest absolute Gasteiger partial charge is 0.285 e. The van der Waals surface area contributed by atoms with Crippen LogP contribution in [0.15, 0.2) is 38.8 Å². The molecule has 3 N–H and O–H groups in total. The Morgan fingerprint density at radius 1 is 1.53 bits per heavy atom. The van der Waals surface area contributed by atoms with Gasteiger partial charge in [-0.05, 0) is 39.7 Å². The first-order chi connectivity index (χ1) is 9.08. The summed E-state index contributed by atoms with van der Waals surface area (Å²) in [7, 11) is 0. The van der Waals surface area contributed by atoms with E-state index in [4.69, 9.17) is 11.6 Å². The van der Waals surface area contributed by atoms with Crippen LogP contribution in [0.25, 0.3) is 0 Å². The molecule has 98 valence electrons. The zero-order valence-electron chi connectivity index (χ0n) is 9.39. The number of phenolic OH excluding ortho intramolecular Hbond substituents is 1. The number of rotatable bonds is 3. The minimum atomic E-state index is -0.491. The summed E-state index contributed by atoms with van der Waals surface area (Å²) in [6.07, 6.45) is 2.87. The normalized spacial score (nSPS) is 10.8. The van der Waals surface area contributed by atoms with Crippen molar-refractivity contribution in [3.8, 4) is 5.75 Å². The van der Waals surface area contributed by atoms with Crippen molar-refractivity contribution in [2.75, 3.05) is 5.43 Å². The molecule has 6 nitrogen and oxygen atoms in total. The van der Waals surface area contributed by atoms with Crippen LogP contribution in [-0.4, -0.2) is 21.5 Å². The maximum absolute atomic E-state index is 11.2. The molecule has 1 aromatic heterocycles. The van der Waals surface area contributed by atoms with Gasteiger partial charge in [0, 0.05) is 0 Å². The van der Waals surface area contributed by atoms with Gasteiger partial charge in [-0.3, -0.25) is 10.2 Å². The lowest BCUT2D eigenvalue weighted by Crippen LogP contribution is -2.10. The van der Waals surface area contributed by atoms with E-state index in [-0.39, 0.29) is 10.8 Å². The number of nitrogens with one attached hydrogen (secondary N) is 2.